The van der Waals surface area contributed by atoms with E-state index in [1.54, 1.807) is 17.0 Å². The second-order valence-corrected chi connectivity index (χ2v) is 9.35. The van der Waals surface area contributed by atoms with Crippen molar-refractivity contribution in [3.05, 3.63) is 34.1 Å². The zero-order valence-corrected chi connectivity index (χ0v) is 15.9. The molecule has 2 aliphatic carbocycles. The van der Waals surface area contributed by atoms with Gasteiger partial charge in [-0.2, -0.15) is 0 Å². The third-order valence-corrected chi connectivity index (χ3v) is 6.23. The average molecular weight is 396 g/mol. The number of halogens is 2. The van der Waals surface area contributed by atoms with Crippen LogP contribution in [0, 0.1) is 23.6 Å². The van der Waals surface area contributed by atoms with Crippen molar-refractivity contribution in [1.82, 2.24) is 4.90 Å². The standard InChI is InChI=1S/C19H23BrFNO2/c1-18(2,3)24-17(23)22-9-14-15(10-22)19(14,11-4-5-11)13-8-12(20)6-7-16(13)21/h6-8,11,14-15H,4-5,9-10H2,1-3H3. The molecule has 1 heterocycles. The summed E-state index contributed by atoms with van der Waals surface area (Å²) in [4.78, 5) is 14.1. The van der Waals surface area contributed by atoms with E-state index in [4.69, 9.17) is 4.74 Å². The number of fused-ring (bicyclic) bond motifs is 1. The predicted molar refractivity (Wildman–Crippen MR) is 93.3 cm³/mol. The lowest BCUT2D eigenvalue weighted by Crippen LogP contribution is -2.39. The van der Waals surface area contributed by atoms with Gasteiger partial charge in [-0.3, -0.25) is 0 Å². The van der Waals surface area contributed by atoms with E-state index in [2.05, 4.69) is 15.9 Å². The van der Waals surface area contributed by atoms with Gasteiger partial charge >= 0.3 is 6.09 Å². The second-order valence-electron chi connectivity index (χ2n) is 8.43. The summed E-state index contributed by atoms with van der Waals surface area (Å²) in [5.74, 6) is 1.18. The molecule has 3 nitrogen and oxygen atoms in total. The Bertz CT molecular complexity index is 683. The van der Waals surface area contributed by atoms with E-state index >= 15 is 0 Å². The fourth-order valence-corrected chi connectivity index (χ4v) is 5.12. The Morgan fingerprint density at radius 3 is 2.46 bits per heavy atom. The lowest BCUT2D eigenvalue weighted by molar-refractivity contribution is 0.0258. The molecule has 130 valence electrons. The van der Waals surface area contributed by atoms with Gasteiger partial charge in [0.25, 0.3) is 0 Å². The molecule has 1 saturated heterocycles. The number of likely N-dealkylation sites (tertiary alicyclic amines) is 1. The van der Waals surface area contributed by atoms with Gasteiger partial charge in [0.1, 0.15) is 11.4 Å². The highest BCUT2D eigenvalue weighted by Crippen LogP contribution is 2.72. The first-order valence-corrected chi connectivity index (χ1v) is 9.46. The number of nitrogens with zero attached hydrogens (tertiary/aromatic N) is 1. The summed E-state index contributed by atoms with van der Waals surface area (Å²) in [6.45, 7) is 7.01. The van der Waals surface area contributed by atoms with E-state index < -0.39 is 5.60 Å². The van der Waals surface area contributed by atoms with Gasteiger partial charge < -0.3 is 9.64 Å². The molecule has 0 radical (unpaired) electrons. The predicted octanol–water partition coefficient (Wildman–Crippen LogP) is 4.73. The molecule has 2 saturated carbocycles. The molecule has 0 bridgehead atoms. The summed E-state index contributed by atoms with van der Waals surface area (Å²) in [5.41, 5.74) is 0.304. The van der Waals surface area contributed by atoms with Gasteiger partial charge in [0.2, 0.25) is 0 Å². The minimum Gasteiger partial charge on any atom is -0.444 e. The smallest absolute Gasteiger partial charge is 0.410 e. The molecule has 3 aliphatic rings. The quantitative estimate of drug-likeness (QED) is 0.723. The van der Waals surface area contributed by atoms with Crippen LogP contribution >= 0.6 is 15.9 Å². The number of rotatable bonds is 2. The molecule has 1 aromatic carbocycles. The largest absolute Gasteiger partial charge is 0.444 e. The first kappa shape index (κ1) is 16.4. The highest BCUT2D eigenvalue weighted by atomic mass is 79.9. The lowest BCUT2D eigenvalue weighted by Gasteiger charge is -2.30. The van der Waals surface area contributed by atoms with Crippen molar-refractivity contribution in [2.75, 3.05) is 13.1 Å². The van der Waals surface area contributed by atoms with E-state index in [9.17, 15) is 9.18 Å². The molecule has 5 heteroatoms. The maximum Gasteiger partial charge on any atom is 0.410 e. The summed E-state index contributed by atoms with van der Waals surface area (Å²) in [5, 5.41) is 0. The minimum absolute atomic E-state index is 0.0631. The molecule has 24 heavy (non-hydrogen) atoms. The lowest BCUT2D eigenvalue weighted by atomic mass is 9.85. The molecule has 3 fully saturated rings. The Kier molecular flexibility index (Phi) is 3.55. The topological polar surface area (TPSA) is 29.5 Å². The monoisotopic (exact) mass is 395 g/mol. The fraction of sp³-hybridized carbons (Fsp3) is 0.632. The Labute approximate surface area is 150 Å². The summed E-state index contributed by atoms with van der Waals surface area (Å²) >= 11 is 3.48. The summed E-state index contributed by atoms with van der Waals surface area (Å²) < 4.78 is 21.0. The van der Waals surface area contributed by atoms with Crippen LogP contribution in [0.3, 0.4) is 0 Å². The SMILES string of the molecule is CC(C)(C)OC(=O)N1CC2C(C1)C2(c1cc(Br)ccc1F)C1CC1. The minimum atomic E-state index is -0.478. The molecule has 0 aromatic heterocycles. The molecule has 1 aromatic rings. The van der Waals surface area contributed by atoms with Crippen molar-refractivity contribution >= 4 is 22.0 Å². The zero-order valence-electron chi connectivity index (χ0n) is 14.3. The van der Waals surface area contributed by atoms with E-state index in [0.29, 0.717) is 30.8 Å². The van der Waals surface area contributed by atoms with Gasteiger partial charge in [-0.25, -0.2) is 9.18 Å². The van der Waals surface area contributed by atoms with Crippen LogP contribution in [0.5, 0.6) is 0 Å². The van der Waals surface area contributed by atoms with Crippen LogP contribution in [0.1, 0.15) is 39.2 Å². The van der Waals surface area contributed by atoms with Gasteiger partial charge in [0.15, 0.2) is 0 Å². The van der Waals surface area contributed by atoms with Crippen LogP contribution in [-0.2, 0) is 10.2 Å². The van der Waals surface area contributed by atoms with E-state index in [1.165, 1.54) is 12.8 Å². The highest BCUT2D eigenvalue weighted by molar-refractivity contribution is 9.10. The average Bonchev–Trinajstić information content (AvgIpc) is 3.36. The zero-order chi connectivity index (χ0) is 17.3. The third kappa shape index (κ3) is 2.47. The van der Waals surface area contributed by atoms with Crippen LogP contribution in [0.15, 0.2) is 22.7 Å². The fourth-order valence-electron chi connectivity index (χ4n) is 4.76. The van der Waals surface area contributed by atoms with Crippen molar-refractivity contribution in [3.8, 4) is 0 Å². The summed E-state index contributed by atoms with van der Waals surface area (Å²) in [6.07, 6.45) is 2.10. The van der Waals surface area contributed by atoms with Crippen molar-refractivity contribution in [1.29, 1.82) is 0 Å². The Morgan fingerprint density at radius 2 is 1.92 bits per heavy atom. The van der Waals surface area contributed by atoms with Crippen LogP contribution in [-0.4, -0.2) is 29.7 Å². The van der Waals surface area contributed by atoms with E-state index in [0.717, 1.165) is 10.0 Å². The molecule has 4 rings (SSSR count). The van der Waals surface area contributed by atoms with Crippen LogP contribution in [0.4, 0.5) is 9.18 Å². The number of benzene rings is 1. The van der Waals surface area contributed by atoms with Crippen LogP contribution in [0.2, 0.25) is 0 Å². The van der Waals surface area contributed by atoms with Crippen LogP contribution < -0.4 is 0 Å². The molecular weight excluding hydrogens is 373 g/mol. The van der Waals surface area contributed by atoms with Gasteiger partial charge in [-0.05, 0) is 75.1 Å². The van der Waals surface area contributed by atoms with Gasteiger partial charge in [0.05, 0.1) is 0 Å². The molecule has 0 spiro atoms. The Balaban J connectivity index is 1.56. The number of hydrogen-bond acceptors (Lipinski definition) is 2. The normalized spacial score (nSPS) is 31.8. The van der Waals surface area contributed by atoms with Gasteiger partial charge in [0, 0.05) is 23.0 Å². The molecular formula is C19H23BrFNO2. The molecule has 2 atom stereocenters. The first-order valence-electron chi connectivity index (χ1n) is 8.67. The number of hydrogen-bond donors (Lipinski definition) is 0. The number of amides is 1. The van der Waals surface area contributed by atoms with E-state index in [1.807, 2.05) is 26.8 Å². The number of piperidine rings is 1. The second kappa shape index (κ2) is 5.20. The highest BCUT2D eigenvalue weighted by Gasteiger charge is 2.74. The number of ether oxygens (including phenoxy) is 1. The van der Waals surface area contributed by atoms with Crippen molar-refractivity contribution < 1.29 is 13.9 Å². The third-order valence-electron chi connectivity index (χ3n) is 5.74. The molecule has 1 aliphatic heterocycles. The van der Waals surface area contributed by atoms with Crippen molar-refractivity contribution in [3.63, 3.8) is 0 Å². The Hall–Kier alpha value is -1.10. The summed E-state index contributed by atoms with van der Waals surface area (Å²) in [7, 11) is 0. The molecule has 2 unspecified atom stereocenters. The summed E-state index contributed by atoms with van der Waals surface area (Å²) in [6, 6.07) is 5.26. The van der Waals surface area contributed by atoms with E-state index in [-0.39, 0.29) is 17.3 Å². The Morgan fingerprint density at radius 1 is 1.29 bits per heavy atom. The van der Waals surface area contributed by atoms with Crippen LogP contribution in [0.25, 0.3) is 0 Å². The van der Waals surface area contributed by atoms with Crippen molar-refractivity contribution in [2.45, 2.75) is 44.6 Å². The van der Waals surface area contributed by atoms with Gasteiger partial charge in [-0.15, -0.1) is 0 Å². The number of carbonyl (C=O) groups excluding carboxylic acids is 1. The maximum atomic E-state index is 14.6. The first-order chi connectivity index (χ1) is 11.2. The maximum absolute atomic E-state index is 14.6. The number of carbonyl (C=O) groups is 1. The van der Waals surface area contributed by atoms with Crippen molar-refractivity contribution in [2.24, 2.45) is 17.8 Å². The molecule has 0 N–H and O–H groups in total. The van der Waals surface area contributed by atoms with Gasteiger partial charge in [-0.1, -0.05) is 15.9 Å². The molecule has 1 amide bonds.